The molecule has 0 unspecified atom stereocenters. The van der Waals surface area contributed by atoms with Crippen molar-refractivity contribution in [1.82, 2.24) is 4.90 Å². The fourth-order valence-corrected chi connectivity index (χ4v) is 2.24. The number of halogens is 1. The zero-order chi connectivity index (χ0) is 16.1. The lowest BCUT2D eigenvalue weighted by molar-refractivity contribution is 0.552. The van der Waals surface area contributed by atoms with Crippen LogP contribution in [0, 0.1) is 13.8 Å². The van der Waals surface area contributed by atoms with Gasteiger partial charge in [0.15, 0.2) is 0 Å². The Hall–Kier alpha value is -2.00. The number of hydrogen-bond donors (Lipinski definition) is 1. The van der Waals surface area contributed by atoms with E-state index in [9.17, 15) is 0 Å². The fourth-order valence-electron chi connectivity index (χ4n) is 2.04. The van der Waals surface area contributed by atoms with Crippen LogP contribution in [0.1, 0.15) is 18.1 Å². The van der Waals surface area contributed by atoms with Gasteiger partial charge in [0.2, 0.25) is 0 Å². The molecule has 0 saturated carbocycles. The Kier molecular flexibility index (Phi) is 5.45. The number of rotatable bonds is 5. The van der Waals surface area contributed by atoms with Crippen LogP contribution in [-0.2, 0) is 0 Å². The lowest BCUT2D eigenvalue weighted by Crippen LogP contribution is -2.14. The second-order valence-corrected chi connectivity index (χ2v) is 5.78. The summed E-state index contributed by atoms with van der Waals surface area (Å²) >= 11 is 6.51. The van der Waals surface area contributed by atoms with Gasteiger partial charge >= 0.3 is 0 Å². The van der Waals surface area contributed by atoms with Crippen molar-refractivity contribution in [2.45, 2.75) is 20.8 Å². The lowest BCUT2D eigenvalue weighted by atomic mass is 10.1. The van der Waals surface area contributed by atoms with E-state index in [1.54, 1.807) is 6.34 Å². The van der Waals surface area contributed by atoms with Crippen molar-refractivity contribution in [3.05, 3.63) is 52.5 Å². The topological polar surface area (TPSA) is 27.6 Å². The molecule has 0 spiro atoms. The Labute approximate surface area is 137 Å². The normalized spacial score (nSPS) is 11.0. The van der Waals surface area contributed by atoms with Crippen LogP contribution in [0.5, 0.6) is 0 Å². The van der Waals surface area contributed by atoms with Gasteiger partial charge in [-0.25, -0.2) is 4.99 Å². The molecule has 0 aromatic heterocycles. The van der Waals surface area contributed by atoms with Gasteiger partial charge in [-0.3, -0.25) is 0 Å². The maximum atomic E-state index is 6.51. The molecule has 0 amide bonds. The van der Waals surface area contributed by atoms with Crippen molar-refractivity contribution in [1.29, 1.82) is 0 Å². The molecule has 22 heavy (non-hydrogen) atoms. The largest absolute Gasteiger partial charge is 0.366 e. The number of nitrogens with zero attached hydrogens (tertiary/aromatic N) is 2. The molecule has 0 heterocycles. The van der Waals surface area contributed by atoms with Crippen LogP contribution in [-0.4, -0.2) is 24.8 Å². The van der Waals surface area contributed by atoms with E-state index in [0.717, 1.165) is 29.2 Å². The van der Waals surface area contributed by atoms with Gasteiger partial charge in [-0.2, -0.15) is 0 Å². The Morgan fingerprint density at radius 1 is 1.18 bits per heavy atom. The number of hydrogen-bond acceptors (Lipinski definition) is 2. The molecule has 0 aliphatic rings. The smallest absolute Gasteiger partial charge is 0.0910 e. The van der Waals surface area contributed by atoms with Gasteiger partial charge in [0.25, 0.3) is 0 Å². The third kappa shape index (κ3) is 4.01. The summed E-state index contributed by atoms with van der Waals surface area (Å²) in [7, 11) is 1.99. The molecule has 0 fully saturated rings. The summed E-state index contributed by atoms with van der Waals surface area (Å²) in [6, 6.07) is 12.2. The second kappa shape index (κ2) is 7.32. The molecule has 0 aliphatic carbocycles. The summed E-state index contributed by atoms with van der Waals surface area (Å²) in [6.07, 6.45) is 1.80. The van der Waals surface area contributed by atoms with Crippen LogP contribution in [0.4, 0.5) is 17.1 Å². The van der Waals surface area contributed by atoms with Crippen LogP contribution < -0.4 is 5.32 Å². The van der Waals surface area contributed by atoms with E-state index in [0.29, 0.717) is 5.02 Å². The molecule has 1 N–H and O–H groups in total. The Balaban J connectivity index is 2.35. The first-order valence-electron chi connectivity index (χ1n) is 7.38. The summed E-state index contributed by atoms with van der Waals surface area (Å²) in [4.78, 5) is 6.50. The monoisotopic (exact) mass is 315 g/mol. The number of benzene rings is 2. The number of nitrogens with one attached hydrogen (secondary N) is 1. The second-order valence-electron chi connectivity index (χ2n) is 5.40. The lowest BCUT2D eigenvalue weighted by Gasteiger charge is -2.14. The Morgan fingerprint density at radius 3 is 2.59 bits per heavy atom. The Bertz CT molecular complexity index is 680. The van der Waals surface area contributed by atoms with Crippen molar-refractivity contribution in [2.75, 3.05) is 18.9 Å². The van der Waals surface area contributed by atoms with Crippen LogP contribution in [0.3, 0.4) is 0 Å². The average Bonchev–Trinajstić information content (AvgIpc) is 2.50. The predicted octanol–water partition coefficient (Wildman–Crippen LogP) is 5.31. The van der Waals surface area contributed by atoms with Crippen molar-refractivity contribution < 1.29 is 0 Å². The highest BCUT2D eigenvalue weighted by molar-refractivity contribution is 6.36. The molecular weight excluding hydrogens is 294 g/mol. The fraction of sp³-hybridized carbons (Fsp3) is 0.278. The zero-order valence-corrected chi connectivity index (χ0v) is 14.3. The molecule has 3 nitrogen and oxygen atoms in total. The minimum atomic E-state index is 0.634. The molecule has 0 radical (unpaired) electrons. The van der Waals surface area contributed by atoms with E-state index in [4.69, 9.17) is 11.6 Å². The minimum absolute atomic E-state index is 0.634. The molecule has 116 valence electrons. The first-order chi connectivity index (χ1) is 10.5. The van der Waals surface area contributed by atoms with Crippen LogP contribution >= 0.6 is 11.6 Å². The van der Waals surface area contributed by atoms with Gasteiger partial charge in [-0.1, -0.05) is 29.8 Å². The molecule has 0 aliphatic heterocycles. The van der Waals surface area contributed by atoms with Gasteiger partial charge < -0.3 is 10.2 Å². The molecule has 0 atom stereocenters. The zero-order valence-electron chi connectivity index (χ0n) is 13.5. The maximum Gasteiger partial charge on any atom is 0.0910 e. The van der Waals surface area contributed by atoms with Crippen molar-refractivity contribution >= 4 is 35.0 Å². The number of aliphatic imine (C=N–C) groups is 1. The van der Waals surface area contributed by atoms with Crippen molar-refractivity contribution in [3.63, 3.8) is 0 Å². The number of anilines is 2. The number of para-hydroxylation sites is 1. The average molecular weight is 316 g/mol. The standard InChI is InChI=1S/C18H22ClN3/c1-5-22(4)12-20-16-10-13(2)11-17(18(16)19)21-15-9-7-6-8-14(15)3/h6-12,21H,5H2,1-4H3/b20-12-. The molecule has 0 bridgehead atoms. The highest BCUT2D eigenvalue weighted by Crippen LogP contribution is 2.36. The van der Waals surface area contributed by atoms with Gasteiger partial charge in [0, 0.05) is 19.3 Å². The molecule has 4 heteroatoms. The number of aryl methyl sites for hydroxylation is 2. The molecular formula is C18H22ClN3. The van der Waals surface area contributed by atoms with E-state index in [1.807, 2.05) is 49.2 Å². The summed E-state index contributed by atoms with van der Waals surface area (Å²) in [5, 5.41) is 4.04. The SMILES string of the molecule is CCN(C)/C=N\c1cc(C)cc(Nc2ccccc2C)c1Cl. The first-order valence-corrected chi connectivity index (χ1v) is 7.76. The van der Waals surface area contributed by atoms with Crippen molar-refractivity contribution in [2.24, 2.45) is 4.99 Å². The van der Waals surface area contributed by atoms with Gasteiger partial charge in [-0.15, -0.1) is 0 Å². The van der Waals surface area contributed by atoms with Crippen LogP contribution in [0.2, 0.25) is 5.02 Å². The maximum absolute atomic E-state index is 6.51. The highest BCUT2D eigenvalue weighted by Gasteiger charge is 2.08. The highest BCUT2D eigenvalue weighted by atomic mass is 35.5. The summed E-state index contributed by atoms with van der Waals surface area (Å²) in [6.45, 7) is 7.10. The first kappa shape index (κ1) is 16.4. The van der Waals surface area contributed by atoms with Crippen LogP contribution in [0.25, 0.3) is 0 Å². The molecule has 2 aromatic rings. The van der Waals surface area contributed by atoms with Crippen molar-refractivity contribution in [3.8, 4) is 0 Å². The Morgan fingerprint density at radius 2 is 1.91 bits per heavy atom. The van der Waals surface area contributed by atoms with Gasteiger partial charge in [-0.05, 0) is 50.1 Å². The van der Waals surface area contributed by atoms with E-state index in [2.05, 4.69) is 30.2 Å². The van der Waals surface area contributed by atoms with Gasteiger partial charge in [0.1, 0.15) is 0 Å². The predicted molar refractivity (Wildman–Crippen MR) is 97.1 cm³/mol. The summed E-state index contributed by atoms with van der Waals surface area (Å²) < 4.78 is 0. The minimum Gasteiger partial charge on any atom is -0.366 e. The van der Waals surface area contributed by atoms with Gasteiger partial charge in [0.05, 0.1) is 22.7 Å². The third-order valence-electron chi connectivity index (χ3n) is 3.50. The molecule has 2 rings (SSSR count). The third-order valence-corrected chi connectivity index (χ3v) is 3.90. The van der Waals surface area contributed by atoms with E-state index < -0.39 is 0 Å². The molecule has 2 aromatic carbocycles. The van der Waals surface area contributed by atoms with E-state index >= 15 is 0 Å². The summed E-state index contributed by atoms with van der Waals surface area (Å²) in [5.74, 6) is 0. The van der Waals surface area contributed by atoms with Crippen LogP contribution in [0.15, 0.2) is 41.4 Å². The summed E-state index contributed by atoms with van der Waals surface area (Å²) in [5.41, 5.74) is 5.00. The van der Waals surface area contributed by atoms with E-state index in [1.165, 1.54) is 5.56 Å². The van der Waals surface area contributed by atoms with E-state index in [-0.39, 0.29) is 0 Å². The quantitative estimate of drug-likeness (QED) is 0.598. The molecule has 0 saturated heterocycles.